The summed E-state index contributed by atoms with van der Waals surface area (Å²) >= 11 is 0. The van der Waals surface area contributed by atoms with Gasteiger partial charge in [-0.05, 0) is 19.1 Å². The van der Waals surface area contributed by atoms with Gasteiger partial charge in [-0.3, -0.25) is 4.79 Å². The summed E-state index contributed by atoms with van der Waals surface area (Å²) in [6, 6.07) is 4.95. The van der Waals surface area contributed by atoms with Gasteiger partial charge in [-0.2, -0.15) is 0 Å². The monoisotopic (exact) mass is 262 g/mol. The molecule has 2 aliphatic rings. The molecule has 3 rings (SSSR count). The van der Waals surface area contributed by atoms with Gasteiger partial charge in [0, 0.05) is 5.56 Å². The van der Waals surface area contributed by atoms with Crippen molar-refractivity contribution in [2.75, 3.05) is 6.79 Å². The maximum Gasteiger partial charge on any atom is 0.374 e. The van der Waals surface area contributed by atoms with Crippen molar-refractivity contribution in [3.05, 3.63) is 35.1 Å². The number of Topliss-reactive ketones (excluding diaryl/α,β-unsaturated/α-hetero) is 1. The molecule has 1 N–H and O–H groups in total. The average Bonchev–Trinajstić information content (AvgIpc) is 2.94. The number of aliphatic hydroxyl groups is 1. The Bertz CT molecular complexity index is 616. The fourth-order valence-corrected chi connectivity index (χ4v) is 2.12. The third-order valence-electron chi connectivity index (χ3n) is 3.01. The molecule has 0 unspecified atom stereocenters. The average molecular weight is 262 g/mol. The molecule has 19 heavy (non-hydrogen) atoms. The number of aliphatic hydroxyl groups excluding tert-OH is 1. The molecule has 0 spiro atoms. The third kappa shape index (κ3) is 1.72. The number of carbonyl (C=O) groups excluding carboxylic acids is 2. The van der Waals surface area contributed by atoms with Gasteiger partial charge in [-0.1, -0.05) is 6.07 Å². The highest BCUT2D eigenvalue weighted by Crippen LogP contribution is 2.40. The standard InChI is InChI=1S/C13H10O6/c1-6(14)10-11(15)13(16)19-12(10)7-2-3-8-9(4-7)18-5-17-8/h2-4,12,15H,5H2,1H3/t12-/m1/s1. The second-order valence-corrected chi connectivity index (χ2v) is 4.22. The second kappa shape index (κ2) is 4.01. The summed E-state index contributed by atoms with van der Waals surface area (Å²) in [5.74, 6) is -0.831. The van der Waals surface area contributed by atoms with Gasteiger partial charge in [-0.25, -0.2) is 4.79 Å². The number of cyclic esters (lactones) is 1. The van der Waals surface area contributed by atoms with Crippen molar-refractivity contribution in [2.45, 2.75) is 13.0 Å². The molecule has 0 aromatic heterocycles. The van der Waals surface area contributed by atoms with Crippen molar-refractivity contribution < 1.29 is 28.9 Å². The SMILES string of the molecule is CC(=O)C1=C(O)C(=O)O[C@@H]1c1ccc2c(c1)OCO2. The maximum atomic E-state index is 11.5. The van der Waals surface area contributed by atoms with Crippen LogP contribution in [0.2, 0.25) is 0 Å². The Labute approximate surface area is 108 Å². The fourth-order valence-electron chi connectivity index (χ4n) is 2.12. The van der Waals surface area contributed by atoms with E-state index < -0.39 is 23.6 Å². The summed E-state index contributed by atoms with van der Waals surface area (Å²) in [6.07, 6.45) is -0.903. The number of benzene rings is 1. The third-order valence-corrected chi connectivity index (χ3v) is 3.01. The van der Waals surface area contributed by atoms with E-state index in [-0.39, 0.29) is 12.4 Å². The van der Waals surface area contributed by atoms with Crippen LogP contribution in [0.4, 0.5) is 0 Å². The molecule has 98 valence electrons. The molecule has 6 heteroatoms. The van der Waals surface area contributed by atoms with Gasteiger partial charge in [0.2, 0.25) is 12.6 Å². The maximum absolute atomic E-state index is 11.5. The van der Waals surface area contributed by atoms with Crippen LogP contribution in [0.25, 0.3) is 0 Å². The number of esters is 1. The van der Waals surface area contributed by atoms with Crippen LogP contribution >= 0.6 is 0 Å². The highest BCUT2D eigenvalue weighted by atomic mass is 16.7. The van der Waals surface area contributed by atoms with E-state index in [2.05, 4.69) is 0 Å². The van der Waals surface area contributed by atoms with E-state index in [1.54, 1.807) is 18.2 Å². The van der Waals surface area contributed by atoms with E-state index in [4.69, 9.17) is 14.2 Å². The smallest absolute Gasteiger partial charge is 0.374 e. The zero-order valence-corrected chi connectivity index (χ0v) is 10.0. The second-order valence-electron chi connectivity index (χ2n) is 4.22. The summed E-state index contributed by atoms with van der Waals surface area (Å²) in [6.45, 7) is 1.40. The molecule has 2 heterocycles. The van der Waals surface area contributed by atoms with Crippen LogP contribution in [0.5, 0.6) is 11.5 Å². The fraction of sp³-hybridized carbons (Fsp3) is 0.231. The van der Waals surface area contributed by atoms with E-state index in [1.807, 2.05) is 0 Å². The summed E-state index contributed by atoms with van der Waals surface area (Å²) < 4.78 is 15.4. The van der Waals surface area contributed by atoms with Gasteiger partial charge >= 0.3 is 5.97 Å². The van der Waals surface area contributed by atoms with Crippen molar-refractivity contribution >= 4 is 11.8 Å². The minimum absolute atomic E-state index is 0.0381. The number of hydrogen-bond acceptors (Lipinski definition) is 6. The Kier molecular flexibility index (Phi) is 2.45. The Morgan fingerprint density at radius 3 is 2.79 bits per heavy atom. The first-order chi connectivity index (χ1) is 9.08. The van der Waals surface area contributed by atoms with Crippen LogP contribution in [0, 0.1) is 0 Å². The summed E-state index contributed by atoms with van der Waals surface area (Å²) in [4.78, 5) is 22.9. The summed E-state index contributed by atoms with van der Waals surface area (Å²) in [5.41, 5.74) is 0.510. The molecule has 0 aliphatic carbocycles. The molecule has 2 aliphatic heterocycles. The number of rotatable bonds is 2. The first-order valence-corrected chi connectivity index (χ1v) is 5.62. The van der Waals surface area contributed by atoms with E-state index in [1.165, 1.54) is 6.92 Å². The van der Waals surface area contributed by atoms with Crippen LogP contribution in [0.15, 0.2) is 29.5 Å². The van der Waals surface area contributed by atoms with Crippen LogP contribution in [-0.2, 0) is 14.3 Å². The molecule has 0 bridgehead atoms. The van der Waals surface area contributed by atoms with Gasteiger partial charge in [0.05, 0.1) is 5.57 Å². The molecule has 6 nitrogen and oxygen atoms in total. The van der Waals surface area contributed by atoms with Crippen molar-refractivity contribution in [1.29, 1.82) is 0 Å². The molecular weight excluding hydrogens is 252 g/mol. The van der Waals surface area contributed by atoms with Gasteiger partial charge < -0.3 is 19.3 Å². The molecule has 1 atom stereocenters. The van der Waals surface area contributed by atoms with Crippen molar-refractivity contribution in [2.24, 2.45) is 0 Å². The Balaban J connectivity index is 2.03. The molecular formula is C13H10O6. The molecule has 1 aromatic rings. The molecule has 1 aromatic carbocycles. The number of ketones is 1. The van der Waals surface area contributed by atoms with Crippen LogP contribution < -0.4 is 9.47 Å². The Hall–Kier alpha value is -2.50. The van der Waals surface area contributed by atoms with Gasteiger partial charge in [-0.15, -0.1) is 0 Å². The molecule has 0 fully saturated rings. The minimum atomic E-state index is -0.903. The van der Waals surface area contributed by atoms with E-state index in [0.29, 0.717) is 17.1 Å². The quantitative estimate of drug-likeness (QED) is 0.811. The van der Waals surface area contributed by atoms with Gasteiger partial charge in [0.25, 0.3) is 0 Å². The summed E-state index contributed by atoms with van der Waals surface area (Å²) in [7, 11) is 0. The van der Waals surface area contributed by atoms with Gasteiger partial charge in [0.1, 0.15) is 0 Å². The van der Waals surface area contributed by atoms with Crippen LogP contribution in [0.3, 0.4) is 0 Å². The number of ether oxygens (including phenoxy) is 3. The van der Waals surface area contributed by atoms with Crippen LogP contribution in [0.1, 0.15) is 18.6 Å². The van der Waals surface area contributed by atoms with E-state index in [9.17, 15) is 14.7 Å². The Morgan fingerprint density at radius 1 is 1.32 bits per heavy atom. The number of carbonyl (C=O) groups is 2. The lowest BCUT2D eigenvalue weighted by atomic mass is 9.99. The first kappa shape index (κ1) is 11.6. The topological polar surface area (TPSA) is 82.1 Å². The highest BCUT2D eigenvalue weighted by molar-refractivity contribution is 6.05. The lowest BCUT2D eigenvalue weighted by Crippen LogP contribution is -2.08. The van der Waals surface area contributed by atoms with E-state index in [0.717, 1.165) is 0 Å². The Morgan fingerprint density at radius 2 is 2.05 bits per heavy atom. The predicted molar refractivity (Wildman–Crippen MR) is 61.7 cm³/mol. The zero-order valence-electron chi connectivity index (χ0n) is 10.0. The van der Waals surface area contributed by atoms with Gasteiger partial charge in [0.15, 0.2) is 23.4 Å². The lowest BCUT2D eigenvalue weighted by molar-refractivity contribution is -0.142. The highest BCUT2D eigenvalue weighted by Gasteiger charge is 2.38. The molecule has 0 amide bonds. The molecule has 0 radical (unpaired) electrons. The molecule has 0 saturated heterocycles. The largest absolute Gasteiger partial charge is 0.501 e. The summed E-state index contributed by atoms with van der Waals surface area (Å²) in [5, 5.41) is 9.58. The first-order valence-electron chi connectivity index (χ1n) is 5.62. The van der Waals surface area contributed by atoms with Crippen molar-refractivity contribution in [1.82, 2.24) is 0 Å². The number of fused-ring (bicyclic) bond motifs is 1. The van der Waals surface area contributed by atoms with Crippen LogP contribution in [-0.4, -0.2) is 23.7 Å². The normalized spacial score (nSPS) is 20.7. The van der Waals surface area contributed by atoms with E-state index >= 15 is 0 Å². The lowest BCUT2D eigenvalue weighted by Gasteiger charge is -2.12. The molecule has 0 saturated carbocycles. The van der Waals surface area contributed by atoms with Crippen molar-refractivity contribution in [3.8, 4) is 11.5 Å². The van der Waals surface area contributed by atoms with Crippen molar-refractivity contribution in [3.63, 3.8) is 0 Å². The minimum Gasteiger partial charge on any atom is -0.501 e. The number of hydrogen-bond donors (Lipinski definition) is 1. The predicted octanol–water partition coefficient (Wildman–Crippen LogP) is 1.41. The zero-order chi connectivity index (χ0) is 13.6.